The Labute approximate surface area is 210 Å². The van der Waals surface area contributed by atoms with Gasteiger partial charge in [-0.15, -0.1) is 0 Å². The Morgan fingerprint density at radius 2 is 2.00 bits per heavy atom. The van der Waals surface area contributed by atoms with Crippen molar-refractivity contribution in [1.82, 2.24) is 0 Å². The molecule has 0 radical (unpaired) electrons. The largest absolute Gasteiger partial charge is 0.465 e. The van der Waals surface area contributed by atoms with E-state index in [0.29, 0.717) is 18.5 Å². The van der Waals surface area contributed by atoms with E-state index in [1.165, 1.54) is 12.3 Å². The van der Waals surface area contributed by atoms with Crippen LogP contribution in [0.2, 0.25) is 0 Å². The van der Waals surface area contributed by atoms with Crippen molar-refractivity contribution in [2.24, 2.45) is 10.7 Å². The molecule has 0 aliphatic carbocycles. The number of aliphatic hydroxyl groups is 1. The molecule has 0 saturated carbocycles. The lowest BCUT2D eigenvalue weighted by atomic mass is 9.92. The number of nitrogens with zero attached hydrogens (tertiary/aromatic N) is 1. The molecule has 3 rings (SSSR count). The number of rotatable bonds is 8. The summed E-state index contributed by atoms with van der Waals surface area (Å²) in [5, 5.41) is 7.12. The van der Waals surface area contributed by atoms with Crippen molar-refractivity contribution >= 4 is 30.2 Å². The first-order valence-corrected chi connectivity index (χ1v) is 12.2. The third kappa shape index (κ3) is 9.60. The van der Waals surface area contributed by atoms with Gasteiger partial charge in [0.25, 0.3) is 0 Å². The Kier molecular flexibility index (Phi) is 14.2. The number of carbonyl (C=O) groups is 2. The predicted octanol–water partition coefficient (Wildman–Crippen LogP) is 5.29. The van der Waals surface area contributed by atoms with Crippen LogP contribution in [0.4, 0.5) is 4.39 Å². The summed E-state index contributed by atoms with van der Waals surface area (Å²) in [5.74, 6) is -0.219. The van der Waals surface area contributed by atoms with E-state index in [4.69, 9.17) is 15.6 Å². The molecule has 1 heterocycles. The predicted molar refractivity (Wildman–Crippen MR) is 142 cm³/mol. The molecular weight excluding hydrogens is 467 g/mol. The van der Waals surface area contributed by atoms with Crippen LogP contribution in [-0.4, -0.2) is 48.8 Å². The van der Waals surface area contributed by atoms with E-state index in [-0.39, 0.29) is 35.0 Å². The van der Waals surface area contributed by atoms with Gasteiger partial charge in [0, 0.05) is 37.8 Å². The fraction of sp³-hybridized carbons (Fsp3) is 0.296. The molecule has 0 aromatic heterocycles. The molecule has 2 aromatic carbocycles. The highest BCUT2D eigenvalue weighted by molar-refractivity contribution is 7.99. The van der Waals surface area contributed by atoms with Crippen molar-refractivity contribution in [2.45, 2.75) is 31.1 Å². The van der Waals surface area contributed by atoms with Crippen molar-refractivity contribution in [3.8, 4) is 11.1 Å². The molecule has 1 saturated heterocycles. The van der Waals surface area contributed by atoms with Crippen LogP contribution >= 0.6 is 11.8 Å². The lowest BCUT2D eigenvalue weighted by molar-refractivity contribution is -0.137. The first kappa shape index (κ1) is 30.0. The zero-order chi connectivity index (χ0) is 26.2. The molecule has 2 unspecified atom stereocenters. The number of allylic oxidation sites excluding steroid dienone is 2. The number of hydrogen-bond donors (Lipinski definition) is 2. The summed E-state index contributed by atoms with van der Waals surface area (Å²) in [7, 11) is 1.00. The standard InChI is InChI=1S/C21H21FN2O.C5H8O2S.CH4O/c1-15(23)19-9-8-18(13-20(19)17-6-4-3-5-7-17)21(25)12-16(14-22)10-11-24-2;1-8-4-2-3-7-5(4)6;1-2/h3-11,13-15H,2,12,23H2,1H3;4H,2-3H2,1H3;2H,1H3/b11-10-,16-14-;;. The molecule has 1 aliphatic rings. The molecule has 1 fully saturated rings. The van der Waals surface area contributed by atoms with Crippen molar-refractivity contribution in [1.29, 1.82) is 0 Å². The van der Waals surface area contributed by atoms with Crippen LogP contribution in [0, 0.1) is 0 Å². The quantitative estimate of drug-likeness (QED) is 0.221. The molecule has 2 atom stereocenters. The van der Waals surface area contributed by atoms with Gasteiger partial charge in [0.05, 0.1) is 12.9 Å². The lowest BCUT2D eigenvalue weighted by Crippen LogP contribution is -2.08. The Morgan fingerprint density at radius 3 is 2.49 bits per heavy atom. The Hall–Kier alpha value is -3.07. The van der Waals surface area contributed by atoms with Crippen molar-refractivity contribution in [3.05, 3.63) is 83.8 Å². The molecule has 0 amide bonds. The first-order valence-electron chi connectivity index (χ1n) is 10.9. The minimum Gasteiger partial charge on any atom is -0.465 e. The maximum atomic E-state index is 12.9. The molecule has 1 aliphatic heterocycles. The number of thioether (sulfide) groups is 1. The number of benzene rings is 2. The Balaban J connectivity index is 0.000000512. The number of halogens is 1. The van der Waals surface area contributed by atoms with Crippen LogP contribution in [0.1, 0.15) is 41.7 Å². The maximum Gasteiger partial charge on any atom is 0.319 e. The average Bonchev–Trinajstić information content (AvgIpc) is 3.32. The van der Waals surface area contributed by atoms with Gasteiger partial charge in [-0.2, -0.15) is 11.8 Å². The summed E-state index contributed by atoms with van der Waals surface area (Å²) >= 11 is 1.57. The van der Waals surface area contributed by atoms with Crippen molar-refractivity contribution in [2.75, 3.05) is 20.0 Å². The number of Topliss-reactive ketones (excluding diaryl/α,β-unsaturated/α-hetero) is 1. The summed E-state index contributed by atoms with van der Waals surface area (Å²) in [6, 6.07) is 15.0. The maximum absolute atomic E-state index is 12.9. The molecule has 0 spiro atoms. The van der Waals surface area contributed by atoms with Crippen LogP contribution < -0.4 is 5.73 Å². The molecule has 3 N–H and O–H groups in total. The number of ether oxygens (including phenoxy) is 1. The second kappa shape index (κ2) is 16.5. The van der Waals surface area contributed by atoms with Gasteiger partial charge in [0.1, 0.15) is 5.25 Å². The number of esters is 1. The van der Waals surface area contributed by atoms with E-state index in [1.807, 2.05) is 55.6 Å². The highest BCUT2D eigenvalue weighted by Gasteiger charge is 2.24. The summed E-state index contributed by atoms with van der Waals surface area (Å²) in [6.45, 7) is 5.81. The molecule has 2 aromatic rings. The molecule has 35 heavy (non-hydrogen) atoms. The zero-order valence-corrected chi connectivity index (χ0v) is 21.1. The Bertz CT molecular complexity index is 1020. The minimum absolute atomic E-state index is 0.0440. The van der Waals surface area contributed by atoms with Crippen molar-refractivity contribution < 1.29 is 23.8 Å². The molecule has 6 nitrogen and oxygen atoms in total. The number of aliphatic hydroxyl groups excluding tert-OH is 1. The zero-order valence-electron chi connectivity index (χ0n) is 20.3. The highest BCUT2D eigenvalue weighted by atomic mass is 32.2. The van der Waals surface area contributed by atoms with E-state index >= 15 is 0 Å². The van der Waals surface area contributed by atoms with Gasteiger partial charge < -0.3 is 15.6 Å². The van der Waals surface area contributed by atoms with Gasteiger partial charge >= 0.3 is 5.97 Å². The summed E-state index contributed by atoms with van der Waals surface area (Å²) in [6.07, 6.45) is 5.96. The number of hydrogen-bond acceptors (Lipinski definition) is 7. The molecule has 188 valence electrons. The summed E-state index contributed by atoms with van der Waals surface area (Å²) < 4.78 is 17.6. The van der Waals surface area contributed by atoms with Gasteiger partial charge in [-0.3, -0.25) is 14.6 Å². The second-order valence-electron chi connectivity index (χ2n) is 7.42. The molecule has 8 heteroatoms. The summed E-state index contributed by atoms with van der Waals surface area (Å²) in [5.41, 5.74) is 9.69. The number of aliphatic imine (C=N–C) groups is 1. The van der Waals surface area contributed by atoms with E-state index in [2.05, 4.69) is 11.7 Å². The van der Waals surface area contributed by atoms with Gasteiger partial charge in [-0.25, -0.2) is 4.39 Å². The monoisotopic (exact) mass is 500 g/mol. The van der Waals surface area contributed by atoms with E-state index in [1.54, 1.807) is 17.8 Å². The van der Waals surface area contributed by atoms with Gasteiger partial charge in [-0.05, 0) is 54.3 Å². The lowest BCUT2D eigenvalue weighted by Gasteiger charge is -2.15. The van der Waals surface area contributed by atoms with Gasteiger partial charge in [0.2, 0.25) is 0 Å². The topological polar surface area (TPSA) is 102 Å². The molecular formula is C27H33FN2O4S. The number of carbonyl (C=O) groups excluding carboxylic acids is 2. The summed E-state index contributed by atoms with van der Waals surface area (Å²) in [4.78, 5) is 26.6. The first-order chi connectivity index (χ1) is 16.9. The third-order valence-electron chi connectivity index (χ3n) is 5.02. The van der Waals surface area contributed by atoms with Crippen LogP contribution in [0.25, 0.3) is 11.1 Å². The normalized spacial score (nSPS) is 15.9. The SMILES string of the molecule is C=N/C=C\C(=C\F)CC(=O)c1ccc(C(C)N)c(-c2ccccc2)c1.CO.CSC1CCOC1=O. The number of nitrogens with two attached hydrogens (primary N) is 1. The van der Waals surface area contributed by atoms with E-state index < -0.39 is 0 Å². The fourth-order valence-electron chi connectivity index (χ4n) is 3.26. The van der Waals surface area contributed by atoms with E-state index in [0.717, 1.165) is 30.2 Å². The van der Waals surface area contributed by atoms with Gasteiger partial charge in [0.15, 0.2) is 5.78 Å². The van der Waals surface area contributed by atoms with Crippen LogP contribution in [0.5, 0.6) is 0 Å². The second-order valence-corrected chi connectivity index (χ2v) is 8.46. The highest BCUT2D eigenvalue weighted by Crippen LogP contribution is 2.29. The molecule has 0 bridgehead atoms. The number of ketones is 1. The Morgan fingerprint density at radius 1 is 1.31 bits per heavy atom. The van der Waals surface area contributed by atoms with Gasteiger partial charge in [-0.1, -0.05) is 42.5 Å². The average molecular weight is 501 g/mol. The van der Waals surface area contributed by atoms with E-state index in [9.17, 15) is 14.0 Å². The van der Waals surface area contributed by atoms with Crippen molar-refractivity contribution in [3.63, 3.8) is 0 Å². The van der Waals surface area contributed by atoms with Crippen LogP contribution in [0.15, 0.2) is 77.7 Å². The fourth-order valence-corrected chi connectivity index (χ4v) is 3.85. The number of cyclic esters (lactones) is 1. The van der Waals surface area contributed by atoms with Crippen LogP contribution in [-0.2, 0) is 9.53 Å². The third-order valence-corrected chi connectivity index (χ3v) is 6.02. The van der Waals surface area contributed by atoms with Crippen LogP contribution in [0.3, 0.4) is 0 Å². The smallest absolute Gasteiger partial charge is 0.319 e. The minimum atomic E-state index is -0.175.